The van der Waals surface area contributed by atoms with Gasteiger partial charge in [0.2, 0.25) is 0 Å². The number of nitrogens with zero attached hydrogens (tertiary/aromatic N) is 7. The summed E-state index contributed by atoms with van der Waals surface area (Å²) in [5, 5.41) is 8.89. The summed E-state index contributed by atoms with van der Waals surface area (Å²) in [6, 6.07) is 8.09. The zero-order valence-electron chi connectivity index (χ0n) is 24.8. The molecule has 1 unspecified atom stereocenters. The number of aryl methyl sites for hydroxylation is 1. The third-order valence-electron chi connectivity index (χ3n) is 8.58. The van der Waals surface area contributed by atoms with Gasteiger partial charge in [0.1, 0.15) is 23.2 Å². The molecule has 1 fully saturated rings. The van der Waals surface area contributed by atoms with E-state index in [4.69, 9.17) is 9.97 Å². The highest BCUT2D eigenvalue weighted by molar-refractivity contribution is 7.84. The molecule has 6 rings (SSSR count). The Hall–Kier alpha value is -3.18. The van der Waals surface area contributed by atoms with E-state index in [1.807, 2.05) is 52.0 Å². The third-order valence-corrected chi connectivity index (χ3v) is 10.3. The molecule has 41 heavy (non-hydrogen) atoms. The van der Waals surface area contributed by atoms with Gasteiger partial charge in [0.25, 0.3) is 5.91 Å². The molecule has 3 aliphatic rings. The van der Waals surface area contributed by atoms with Crippen LogP contribution in [-0.4, -0.2) is 52.2 Å². The van der Waals surface area contributed by atoms with Crippen LogP contribution in [0.1, 0.15) is 107 Å². The Morgan fingerprint density at radius 2 is 1.95 bits per heavy atom. The molecule has 3 aromatic heterocycles. The number of pyridine rings is 2. The molecule has 0 radical (unpaired) electrons. The minimum absolute atomic E-state index is 0.0940. The summed E-state index contributed by atoms with van der Waals surface area (Å²) in [6.07, 6.45) is 5.19. The van der Waals surface area contributed by atoms with E-state index in [2.05, 4.69) is 38.2 Å². The van der Waals surface area contributed by atoms with Crippen molar-refractivity contribution in [3.63, 3.8) is 0 Å². The first-order valence-corrected chi connectivity index (χ1v) is 15.9. The number of fused-ring (bicyclic) bond motifs is 2. The average Bonchev–Trinajstić information content (AvgIpc) is 3.72. The summed E-state index contributed by atoms with van der Waals surface area (Å²) >= 11 is 0. The average molecular weight is 577 g/mol. The molecule has 1 amide bonds. The van der Waals surface area contributed by atoms with Crippen LogP contribution in [0.15, 0.2) is 24.3 Å². The number of carbonyl (C=O) groups excluding carboxylic acids is 1. The maximum Gasteiger partial charge on any atom is 0.260 e. The largest absolute Gasteiger partial charge is 0.354 e. The lowest BCUT2D eigenvalue weighted by Crippen LogP contribution is -2.36. The highest BCUT2D eigenvalue weighted by Gasteiger charge is 2.37. The highest BCUT2D eigenvalue weighted by atomic mass is 32.2. The van der Waals surface area contributed by atoms with Gasteiger partial charge in [-0.2, -0.15) is 0 Å². The molecule has 218 valence electrons. The van der Waals surface area contributed by atoms with Crippen molar-refractivity contribution in [1.82, 2.24) is 29.5 Å². The van der Waals surface area contributed by atoms with E-state index in [0.717, 1.165) is 67.4 Å². The van der Waals surface area contributed by atoms with Gasteiger partial charge in [-0.3, -0.25) is 9.69 Å². The van der Waals surface area contributed by atoms with E-state index >= 15 is 0 Å². The summed E-state index contributed by atoms with van der Waals surface area (Å²) in [6.45, 7) is 13.5. The van der Waals surface area contributed by atoms with Crippen molar-refractivity contribution >= 4 is 28.5 Å². The van der Waals surface area contributed by atoms with E-state index in [9.17, 15) is 9.00 Å². The molecular formula is C30H40N8O2S. The topological polar surface area (TPSA) is 109 Å². The van der Waals surface area contributed by atoms with Crippen molar-refractivity contribution in [2.75, 3.05) is 16.3 Å². The number of nitrogens with one attached hydrogen (secondary N) is 1. The summed E-state index contributed by atoms with van der Waals surface area (Å²) in [5.41, 5.74) is 2.98. The van der Waals surface area contributed by atoms with Crippen LogP contribution in [0.4, 0.5) is 11.6 Å². The fourth-order valence-electron chi connectivity index (χ4n) is 6.23. The van der Waals surface area contributed by atoms with Crippen LogP contribution in [0.5, 0.6) is 0 Å². The summed E-state index contributed by atoms with van der Waals surface area (Å²) < 4.78 is 18.1. The second-order valence-electron chi connectivity index (χ2n) is 12.5. The molecule has 0 aliphatic carbocycles. The number of aromatic nitrogens is 5. The van der Waals surface area contributed by atoms with Crippen LogP contribution in [0, 0.1) is 0 Å². The molecule has 3 aliphatic heterocycles. The first-order chi connectivity index (χ1) is 19.6. The van der Waals surface area contributed by atoms with Gasteiger partial charge in [-0.25, -0.2) is 18.9 Å². The number of carbonyl (C=O) groups is 1. The molecule has 0 aromatic carbocycles. The van der Waals surface area contributed by atoms with Gasteiger partial charge in [0, 0.05) is 30.6 Å². The van der Waals surface area contributed by atoms with E-state index < -0.39 is 15.7 Å². The molecule has 6 heterocycles. The van der Waals surface area contributed by atoms with Crippen LogP contribution in [0.2, 0.25) is 0 Å². The molecule has 0 bridgehead atoms. The first kappa shape index (κ1) is 28.0. The summed E-state index contributed by atoms with van der Waals surface area (Å²) in [7, 11) is -1.29. The lowest BCUT2D eigenvalue weighted by molar-refractivity contribution is 0.0996. The van der Waals surface area contributed by atoms with E-state index in [-0.39, 0.29) is 11.9 Å². The Balaban J connectivity index is 1.37. The molecule has 10 nitrogen and oxygen atoms in total. The van der Waals surface area contributed by atoms with Crippen molar-refractivity contribution in [1.29, 1.82) is 0 Å². The smallest absolute Gasteiger partial charge is 0.260 e. The second kappa shape index (κ2) is 10.6. The fourth-order valence-corrected chi connectivity index (χ4v) is 7.02. The fraction of sp³-hybridized carbons (Fsp3) is 0.567. The quantitative estimate of drug-likeness (QED) is 0.426. The minimum atomic E-state index is -1.29. The number of amides is 1. The van der Waals surface area contributed by atoms with Crippen LogP contribution in [0.25, 0.3) is 11.5 Å². The SMILES string of the molecule is CC[C@H]1CCc2nnc(-c3cccc(N4Cc5c(cc(N6CCC[C@H]6C)nc5[C@@H](C)NS(=O)C(C)(C)C)C4=O)n3)n21. The number of hydrogen-bond acceptors (Lipinski definition) is 7. The molecule has 1 saturated heterocycles. The maximum absolute atomic E-state index is 14.0. The summed E-state index contributed by atoms with van der Waals surface area (Å²) in [5.74, 6) is 3.04. The van der Waals surface area contributed by atoms with Crippen LogP contribution >= 0.6 is 0 Å². The zero-order chi connectivity index (χ0) is 29.1. The standard InChI is InChI=1S/C30H40N8O2S/c1-7-20-13-14-25-33-34-28(38(20)25)23-11-8-12-24(31-23)37-17-22-21(29(37)39)16-26(36-15-9-10-18(36)2)32-27(22)19(3)35-41(40)30(4,5)6/h8,11-12,16,18-20,35H,7,9-10,13-15,17H2,1-6H3/t18-,19-,20+,41?/m1/s1. The second-order valence-corrected chi connectivity index (χ2v) is 14.5. The number of anilines is 2. The van der Waals surface area contributed by atoms with Gasteiger partial charge >= 0.3 is 0 Å². The number of hydrogen-bond donors (Lipinski definition) is 1. The lowest BCUT2D eigenvalue weighted by atomic mass is 10.0. The van der Waals surface area contributed by atoms with Gasteiger partial charge in [-0.15, -0.1) is 10.2 Å². The van der Waals surface area contributed by atoms with Crippen molar-refractivity contribution in [2.45, 2.75) is 103 Å². The Kier molecular flexibility index (Phi) is 7.22. The van der Waals surface area contributed by atoms with E-state index in [0.29, 0.717) is 35.7 Å². The normalized spacial score (nSPS) is 21.9. The van der Waals surface area contributed by atoms with Gasteiger partial charge < -0.3 is 9.47 Å². The molecule has 1 N–H and O–H groups in total. The third kappa shape index (κ3) is 4.97. The van der Waals surface area contributed by atoms with Crippen molar-refractivity contribution in [3.8, 4) is 11.5 Å². The monoisotopic (exact) mass is 576 g/mol. The molecule has 4 atom stereocenters. The molecule has 0 saturated carbocycles. The number of rotatable bonds is 7. The lowest BCUT2D eigenvalue weighted by Gasteiger charge is -2.26. The molecular weight excluding hydrogens is 536 g/mol. The van der Waals surface area contributed by atoms with Gasteiger partial charge in [0.15, 0.2) is 5.82 Å². The Morgan fingerprint density at radius 3 is 2.66 bits per heavy atom. The van der Waals surface area contributed by atoms with Gasteiger partial charge in [-0.1, -0.05) is 13.0 Å². The van der Waals surface area contributed by atoms with Gasteiger partial charge in [0.05, 0.1) is 39.6 Å². The maximum atomic E-state index is 14.0. The zero-order valence-corrected chi connectivity index (χ0v) is 25.7. The van der Waals surface area contributed by atoms with Crippen molar-refractivity contribution in [3.05, 3.63) is 46.9 Å². The summed E-state index contributed by atoms with van der Waals surface area (Å²) in [4.78, 5) is 28.0. The Bertz CT molecular complexity index is 1510. The first-order valence-electron chi connectivity index (χ1n) is 14.8. The van der Waals surface area contributed by atoms with Crippen LogP contribution in [-0.2, 0) is 24.0 Å². The predicted octanol–water partition coefficient (Wildman–Crippen LogP) is 4.89. The van der Waals surface area contributed by atoms with Crippen LogP contribution < -0.4 is 14.5 Å². The molecule has 0 spiro atoms. The van der Waals surface area contributed by atoms with Gasteiger partial charge in [-0.05, 0) is 78.5 Å². The minimum Gasteiger partial charge on any atom is -0.354 e. The van der Waals surface area contributed by atoms with E-state index in [1.54, 1.807) is 4.90 Å². The predicted molar refractivity (Wildman–Crippen MR) is 161 cm³/mol. The highest BCUT2D eigenvalue weighted by Crippen LogP contribution is 2.37. The Labute approximate surface area is 244 Å². The van der Waals surface area contributed by atoms with E-state index in [1.165, 1.54) is 0 Å². The van der Waals surface area contributed by atoms with Crippen LogP contribution in [0.3, 0.4) is 0 Å². The molecule has 11 heteroatoms. The van der Waals surface area contributed by atoms with Crippen molar-refractivity contribution in [2.24, 2.45) is 0 Å². The Morgan fingerprint density at radius 1 is 1.15 bits per heavy atom. The molecule has 3 aromatic rings. The van der Waals surface area contributed by atoms with Crippen molar-refractivity contribution < 1.29 is 9.00 Å².